The Labute approximate surface area is 113 Å². The summed E-state index contributed by atoms with van der Waals surface area (Å²) in [5.41, 5.74) is -0.933. The van der Waals surface area contributed by atoms with E-state index in [1.807, 2.05) is 0 Å². The van der Waals surface area contributed by atoms with Crippen LogP contribution in [0.5, 0.6) is 0 Å². The molecule has 0 saturated carbocycles. The molecule has 2 aromatic rings. The van der Waals surface area contributed by atoms with Gasteiger partial charge < -0.3 is 4.98 Å². The molecule has 0 aliphatic carbocycles. The van der Waals surface area contributed by atoms with Crippen molar-refractivity contribution in [1.29, 1.82) is 0 Å². The lowest BCUT2D eigenvalue weighted by Crippen LogP contribution is -2.12. The topological polar surface area (TPSA) is 45.8 Å². The number of halogens is 4. The first-order valence-corrected chi connectivity index (χ1v) is 5.88. The molecule has 0 aliphatic rings. The Balaban J connectivity index is 2.51. The van der Waals surface area contributed by atoms with E-state index in [2.05, 4.69) is 9.97 Å². The Kier molecular flexibility index (Phi) is 3.42. The van der Waals surface area contributed by atoms with E-state index in [0.717, 1.165) is 12.1 Å². The SMILES string of the molecule is O=c1[nH]c(-c2cccc(C(F)(F)F)c2)ncc1I. The lowest BCUT2D eigenvalue weighted by molar-refractivity contribution is -0.137. The Morgan fingerprint density at radius 1 is 1.28 bits per heavy atom. The van der Waals surface area contributed by atoms with Crippen molar-refractivity contribution in [1.82, 2.24) is 9.97 Å². The first kappa shape index (κ1) is 13.1. The second-order valence-electron chi connectivity index (χ2n) is 3.49. The second kappa shape index (κ2) is 4.71. The largest absolute Gasteiger partial charge is 0.416 e. The Morgan fingerprint density at radius 3 is 2.61 bits per heavy atom. The lowest BCUT2D eigenvalue weighted by Gasteiger charge is -2.08. The number of aromatic nitrogens is 2. The molecule has 1 aromatic carbocycles. The maximum atomic E-state index is 12.5. The number of hydrogen-bond donors (Lipinski definition) is 1. The van der Waals surface area contributed by atoms with E-state index in [9.17, 15) is 18.0 Å². The zero-order valence-electron chi connectivity index (χ0n) is 8.75. The number of benzene rings is 1. The minimum atomic E-state index is -4.42. The molecule has 2 rings (SSSR count). The molecule has 0 unspecified atom stereocenters. The number of hydrogen-bond acceptors (Lipinski definition) is 2. The van der Waals surface area contributed by atoms with Gasteiger partial charge in [0, 0.05) is 11.8 Å². The van der Waals surface area contributed by atoms with Crippen LogP contribution in [0, 0.1) is 3.57 Å². The first-order valence-electron chi connectivity index (χ1n) is 4.80. The zero-order valence-corrected chi connectivity index (χ0v) is 10.9. The van der Waals surface area contributed by atoms with Crippen molar-refractivity contribution in [3.05, 3.63) is 49.9 Å². The average molecular weight is 366 g/mol. The molecule has 3 nitrogen and oxygen atoms in total. The van der Waals surface area contributed by atoms with E-state index in [4.69, 9.17) is 0 Å². The fourth-order valence-corrected chi connectivity index (χ4v) is 1.64. The highest BCUT2D eigenvalue weighted by atomic mass is 127. The molecule has 0 spiro atoms. The van der Waals surface area contributed by atoms with Gasteiger partial charge in [-0.05, 0) is 34.7 Å². The van der Waals surface area contributed by atoms with E-state index in [1.54, 1.807) is 22.6 Å². The van der Waals surface area contributed by atoms with Crippen molar-refractivity contribution < 1.29 is 13.2 Å². The Morgan fingerprint density at radius 2 is 2.00 bits per heavy atom. The predicted molar refractivity (Wildman–Crippen MR) is 68.0 cm³/mol. The number of rotatable bonds is 1. The molecule has 94 valence electrons. The summed E-state index contributed by atoms with van der Waals surface area (Å²) in [7, 11) is 0. The molecular weight excluding hydrogens is 360 g/mol. The van der Waals surface area contributed by atoms with E-state index in [1.165, 1.54) is 18.3 Å². The molecule has 0 atom stereocenters. The third kappa shape index (κ3) is 2.71. The number of aromatic amines is 1. The number of nitrogens with zero attached hydrogens (tertiary/aromatic N) is 1. The third-order valence-corrected chi connectivity index (χ3v) is 2.99. The molecule has 1 N–H and O–H groups in total. The van der Waals surface area contributed by atoms with Crippen molar-refractivity contribution >= 4 is 22.6 Å². The van der Waals surface area contributed by atoms with E-state index in [-0.39, 0.29) is 16.9 Å². The maximum Gasteiger partial charge on any atom is 0.416 e. The summed E-state index contributed by atoms with van der Waals surface area (Å²) in [4.78, 5) is 17.7. The fraction of sp³-hybridized carbons (Fsp3) is 0.0909. The van der Waals surface area contributed by atoms with E-state index in [0.29, 0.717) is 3.57 Å². The molecule has 0 saturated heterocycles. The summed E-state index contributed by atoms with van der Waals surface area (Å²) >= 11 is 1.79. The van der Waals surface area contributed by atoms with Crippen LogP contribution in [-0.4, -0.2) is 9.97 Å². The van der Waals surface area contributed by atoms with Crippen LogP contribution in [0.15, 0.2) is 35.3 Å². The minimum Gasteiger partial charge on any atom is -0.306 e. The van der Waals surface area contributed by atoms with Crippen LogP contribution in [0.25, 0.3) is 11.4 Å². The van der Waals surface area contributed by atoms with Gasteiger partial charge in [0.1, 0.15) is 5.82 Å². The summed E-state index contributed by atoms with van der Waals surface area (Å²) in [5, 5.41) is 0. The molecule has 7 heteroatoms. The second-order valence-corrected chi connectivity index (χ2v) is 4.65. The van der Waals surface area contributed by atoms with Crippen LogP contribution in [0.3, 0.4) is 0 Å². The molecule has 0 radical (unpaired) electrons. The van der Waals surface area contributed by atoms with Gasteiger partial charge in [0.05, 0.1) is 9.13 Å². The van der Waals surface area contributed by atoms with Crippen molar-refractivity contribution in [3.8, 4) is 11.4 Å². The first-order chi connectivity index (χ1) is 8.38. The van der Waals surface area contributed by atoms with Crippen LogP contribution in [0.2, 0.25) is 0 Å². The number of nitrogens with one attached hydrogen (secondary N) is 1. The van der Waals surface area contributed by atoms with Crippen LogP contribution < -0.4 is 5.56 Å². The summed E-state index contributed by atoms with van der Waals surface area (Å²) in [6.45, 7) is 0. The maximum absolute atomic E-state index is 12.5. The predicted octanol–water partition coefficient (Wildman–Crippen LogP) is 3.06. The third-order valence-electron chi connectivity index (χ3n) is 2.22. The molecule has 0 amide bonds. The summed E-state index contributed by atoms with van der Waals surface area (Å²) in [6.07, 6.45) is -3.10. The highest BCUT2D eigenvalue weighted by Gasteiger charge is 2.30. The normalized spacial score (nSPS) is 11.6. The van der Waals surface area contributed by atoms with E-state index < -0.39 is 11.7 Å². The van der Waals surface area contributed by atoms with Crippen LogP contribution in [0.4, 0.5) is 13.2 Å². The van der Waals surface area contributed by atoms with Crippen LogP contribution in [-0.2, 0) is 6.18 Å². The smallest absolute Gasteiger partial charge is 0.306 e. The fourth-order valence-electron chi connectivity index (χ4n) is 1.37. The molecule has 18 heavy (non-hydrogen) atoms. The van der Waals surface area contributed by atoms with Crippen LogP contribution in [0.1, 0.15) is 5.56 Å². The minimum absolute atomic E-state index is 0.117. The Bertz CT molecular complexity index is 637. The van der Waals surface area contributed by atoms with E-state index >= 15 is 0 Å². The molecule has 0 fully saturated rings. The highest BCUT2D eigenvalue weighted by Crippen LogP contribution is 2.31. The van der Waals surface area contributed by atoms with Gasteiger partial charge in [0.2, 0.25) is 0 Å². The zero-order chi connectivity index (χ0) is 13.3. The van der Waals surface area contributed by atoms with Crippen molar-refractivity contribution in [3.63, 3.8) is 0 Å². The summed E-state index contributed by atoms with van der Waals surface area (Å²) in [5.74, 6) is 0.117. The van der Waals surface area contributed by atoms with Gasteiger partial charge in [-0.25, -0.2) is 4.98 Å². The van der Waals surface area contributed by atoms with Gasteiger partial charge in [-0.3, -0.25) is 4.79 Å². The van der Waals surface area contributed by atoms with Crippen LogP contribution >= 0.6 is 22.6 Å². The standard InChI is InChI=1S/C11H6F3IN2O/c12-11(13,14)7-3-1-2-6(4-7)9-16-5-8(15)10(18)17-9/h1-5H,(H,16,17,18). The van der Waals surface area contributed by atoms with Crippen molar-refractivity contribution in [2.24, 2.45) is 0 Å². The molecular formula is C11H6F3IN2O. The summed E-state index contributed by atoms with van der Waals surface area (Å²) < 4.78 is 38.0. The number of H-pyrrole nitrogens is 1. The van der Waals surface area contributed by atoms with Gasteiger partial charge in [0.25, 0.3) is 5.56 Å². The van der Waals surface area contributed by atoms with Gasteiger partial charge >= 0.3 is 6.18 Å². The average Bonchev–Trinajstić information content (AvgIpc) is 2.32. The van der Waals surface area contributed by atoms with Crippen molar-refractivity contribution in [2.45, 2.75) is 6.18 Å². The van der Waals surface area contributed by atoms with Gasteiger partial charge in [-0.1, -0.05) is 12.1 Å². The molecule has 0 aliphatic heterocycles. The van der Waals surface area contributed by atoms with Gasteiger partial charge in [-0.2, -0.15) is 13.2 Å². The summed E-state index contributed by atoms with van der Waals surface area (Å²) in [6, 6.07) is 4.65. The van der Waals surface area contributed by atoms with Gasteiger partial charge in [-0.15, -0.1) is 0 Å². The Hall–Kier alpha value is -1.38. The molecule has 1 heterocycles. The van der Waals surface area contributed by atoms with Crippen molar-refractivity contribution in [2.75, 3.05) is 0 Å². The monoisotopic (exact) mass is 366 g/mol. The quantitative estimate of drug-likeness (QED) is 0.789. The highest BCUT2D eigenvalue weighted by molar-refractivity contribution is 14.1. The lowest BCUT2D eigenvalue weighted by atomic mass is 10.1. The molecule has 1 aromatic heterocycles. The number of alkyl halides is 3. The molecule has 0 bridgehead atoms. The van der Waals surface area contributed by atoms with Gasteiger partial charge in [0.15, 0.2) is 0 Å².